The molecule has 0 aliphatic heterocycles. The summed E-state index contributed by atoms with van der Waals surface area (Å²) in [5, 5.41) is 0. The Morgan fingerprint density at radius 2 is 1.22 bits per heavy atom. The molecule has 0 aromatic carbocycles. The highest BCUT2D eigenvalue weighted by Crippen LogP contribution is 2.12. The molecule has 0 N–H and O–H groups in total. The molecule has 0 saturated carbocycles. The second-order valence-corrected chi connectivity index (χ2v) is 6.11. The van der Waals surface area contributed by atoms with Crippen LogP contribution >= 0.6 is 0 Å². The zero-order chi connectivity index (χ0) is 17.0. The van der Waals surface area contributed by atoms with Gasteiger partial charge in [-0.1, -0.05) is 71.1 Å². The van der Waals surface area contributed by atoms with E-state index in [4.69, 9.17) is 14.2 Å². The van der Waals surface area contributed by atoms with Gasteiger partial charge in [-0.3, -0.25) is 4.79 Å². The lowest BCUT2D eigenvalue weighted by Crippen LogP contribution is -2.12. The van der Waals surface area contributed by atoms with Gasteiger partial charge in [-0.25, -0.2) is 0 Å². The van der Waals surface area contributed by atoms with Crippen molar-refractivity contribution < 1.29 is 19.0 Å². The van der Waals surface area contributed by atoms with E-state index in [1.54, 1.807) is 7.11 Å². The van der Waals surface area contributed by atoms with Crippen LogP contribution in [0.2, 0.25) is 0 Å². The smallest absolute Gasteiger partial charge is 0.305 e. The average Bonchev–Trinajstić information content (AvgIpc) is 2.56. The molecule has 0 atom stereocenters. The molecule has 0 aliphatic carbocycles. The van der Waals surface area contributed by atoms with Crippen LogP contribution in [0.3, 0.4) is 0 Å². The molecule has 0 rings (SSSR count). The van der Waals surface area contributed by atoms with Crippen LogP contribution in [0.4, 0.5) is 0 Å². The van der Waals surface area contributed by atoms with Gasteiger partial charge in [-0.2, -0.15) is 0 Å². The third-order valence-corrected chi connectivity index (χ3v) is 3.91. The lowest BCUT2D eigenvalue weighted by atomic mass is 10.1. The Hall–Kier alpha value is -0.610. The van der Waals surface area contributed by atoms with Crippen LogP contribution in [-0.4, -0.2) is 39.5 Å². The van der Waals surface area contributed by atoms with Crippen LogP contribution in [0.1, 0.15) is 84.0 Å². The number of unbranched alkanes of at least 4 members (excludes halogenated alkanes) is 10. The fourth-order valence-corrected chi connectivity index (χ4v) is 2.46. The molecular formula is C19H38O4. The van der Waals surface area contributed by atoms with E-state index in [-0.39, 0.29) is 5.97 Å². The van der Waals surface area contributed by atoms with Crippen molar-refractivity contribution in [2.75, 3.05) is 33.5 Å². The van der Waals surface area contributed by atoms with Crippen molar-refractivity contribution in [3.8, 4) is 0 Å². The molecule has 0 fully saturated rings. The molecular weight excluding hydrogens is 292 g/mol. The van der Waals surface area contributed by atoms with Crippen molar-refractivity contribution in [1.82, 2.24) is 0 Å². The number of carbonyl (C=O) groups excluding carboxylic acids is 1. The maximum Gasteiger partial charge on any atom is 0.305 e. The number of methoxy groups -OCH3 is 1. The van der Waals surface area contributed by atoms with Crippen LogP contribution in [0.25, 0.3) is 0 Å². The molecule has 0 saturated heterocycles. The number of hydrogen-bond acceptors (Lipinski definition) is 4. The van der Waals surface area contributed by atoms with Gasteiger partial charge >= 0.3 is 5.97 Å². The largest absolute Gasteiger partial charge is 0.463 e. The molecule has 0 bridgehead atoms. The first kappa shape index (κ1) is 22.4. The van der Waals surface area contributed by atoms with Gasteiger partial charge in [0.1, 0.15) is 6.61 Å². The number of rotatable bonds is 18. The van der Waals surface area contributed by atoms with Gasteiger partial charge in [0.05, 0.1) is 19.8 Å². The number of hydrogen-bond donors (Lipinski definition) is 0. The van der Waals surface area contributed by atoms with E-state index in [0.717, 1.165) is 12.8 Å². The van der Waals surface area contributed by atoms with Crippen molar-refractivity contribution in [2.45, 2.75) is 84.0 Å². The molecule has 4 nitrogen and oxygen atoms in total. The van der Waals surface area contributed by atoms with E-state index in [0.29, 0.717) is 32.8 Å². The van der Waals surface area contributed by atoms with Crippen LogP contribution < -0.4 is 0 Å². The summed E-state index contributed by atoms with van der Waals surface area (Å²) in [6.07, 6.45) is 14.8. The SMILES string of the molecule is CCCCCCCCCCCCCC(=O)OCCOCCOC. The predicted octanol–water partition coefficient (Wildman–Crippen LogP) is 4.89. The fourth-order valence-electron chi connectivity index (χ4n) is 2.46. The van der Waals surface area contributed by atoms with Gasteiger partial charge < -0.3 is 14.2 Å². The lowest BCUT2D eigenvalue weighted by molar-refractivity contribution is -0.145. The van der Waals surface area contributed by atoms with Crippen molar-refractivity contribution in [3.05, 3.63) is 0 Å². The zero-order valence-electron chi connectivity index (χ0n) is 15.4. The minimum atomic E-state index is -0.101. The third-order valence-electron chi connectivity index (χ3n) is 3.91. The van der Waals surface area contributed by atoms with Crippen molar-refractivity contribution in [2.24, 2.45) is 0 Å². The molecule has 0 aliphatic rings. The fraction of sp³-hybridized carbons (Fsp3) is 0.947. The molecule has 0 unspecified atom stereocenters. The summed E-state index contributed by atoms with van der Waals surface area (Å²) in [7, 11) is 1.64. The highest BCUT2D eigenvalue weighted by atomic mass is 16.6. The van der Waals surface area contributed by atoms with E-state index < -0.39 is 0 Å². The van der Waals surface area contributed by atoms with Crippen molar-refractivity contribution in [1.29, 1.82) is 0 Å². The monoisotopic (exact) mass is 330 g/mol. The number of esters is 1. The molecule has 138 valence electrons. The van der Waals surface area contributed by atoms with Crippen LogP contribution in [-0.2, 0) is 19.0 Å². The van der Waals surface area contributed by atoms with E-state index in [9.17, 15) is 4.79 Å². The second-order valence-electron chi connectivity index (χ2n) is 6.11. The minimum Gasteiger partial charge on any atom is -0.463 e. The Morgan fingerprint density at radius 3 is 1.78 bits per heavy atom. The van der Waals surface area contributed by atoms with Gasteiger partial charge in [0, 0.05) is 13.5 Å². The highest BCUT2D eigenvalue weighted by molar-refractivity contribution is 5.69. The van der Waals surface area contributed by atoms with Crippen molar-refractivity contribution in [3.63, 3.8) is 0 Å². The highest BCUT2D eigenvalue weighted by Gasteiger charge is 2.02. The summed E-state index contributed by atoms with van der Waals surface area (Å²) < 4.78 is 15.2. The van der Waals surface area contributed by atoms with Crippen molar-refractivity contribution >= 4 is 5.97 Å². The summed E-state index contributed by atoms with van der Waals surface area (Å²) in [6.45, 7) is 4.18. The van der Waals surface area contributed by atoms with Crippen LogP contribution in [0, 0.1) is 0 Å². The zero-order valence-corrected chi connectivity index (χ0v) is 15.4. The van der Waals surface area contributed by atoms with Gasteiger partial charge in [-0.15, -0.1) is 0 Å². The Morgan fingerprint density at radius 1 is 0.696 bits per heavy atom. The van der Waals surface area contributed by atoms with E-state index in [2.05, 4.69) is 6.92 Å². The maximum absolute atomic E-state index is 11.5. The van der Waals surface area contributed by atoms with Gasteiger partial charge in [0.15, 0.2) is 0 Å². The average molecular weight is 331 g/mol. The first-order valence-electron chi connectivity index (χ1n) is 9.53. The summed E-state index contributed by atoms with van der Waals surface area (Å²) in [5.41, 5.74) is 0. The molecule has 0 aromatic heterocycles. The van der Waals surface area contributed by atoms with Crippen LogP contribution in [0.5, 0.6) is 0 Å². The first-order valence-corrected chi connectivity index (χ1v) is 9.53. The normalized spacial score (nSPS) is 10.9. The standard InChI is InChI=1S/C19H38O4/c1-3-4-5-6-7-8-9-10-11-12-13-14-19(20)23-18-17-22-16-15-21-2/h3-18H2,1-2H3. The molecule has 0 aromatic rings. The molecule has 0 amide bonds. The molecule has 0 heterocycles. The summed E-state index contributed by atoms with van der Waals surface area (Å²) in [4.78, 5) is 11.5. The van der Waals surface area contributed by atoms with E-state index in [1.807, 2.05) is 0 Å². The topological polar surface area (TPSA) is 44.8 Å². The predicted molar refractivity (Wildman–Crippen MR) is 94.7 cm³/mol. The molecule has 4 heteroatoms. The van der Waals surface area contributed by atoms with Crippen LogP contribution in [0.15, 0.2) is 0 Å². The Bertz CT molecular complexity index is 244. The summed E-state index contributed by atoms with van der Waals surface area (Å²) >= 11 is 0. The quantitative estimate of drug-likeness (QED) is 0.265. The van der Waals surface area contributed by atoms with E-state index >= 15 is 0 Å². The Balaban J connectivity index is 3.11. The summed E-state index contributed by atoms with van der Waals surface area (Å²) in [5.74, 6) is -0.101. The molecule has 0 spiro atoms. The summed E-state index contributed by atoms with van der Waals surface area (Å²) in [6, 6.07) is 0. The Kier molecular flexibility index (Phi) is 18.9. The number of ether oxygens (including phenoxy) is 3. The lowest BCUT2D eigenvalue weighted by Gasteiger charge is -2.06. The second kappa shape index (κ2) is 19.4. The molecule has 23 heavy (non-hydrogen) atoms. The maximum atomic E-state index is 11.5. The first-order chi connectivity index (χ1) is 11.3. The minimum absolute atomic E-state index is 0.101. The molecule has 0 radical (unpaired) electrons. The number of carbonyl (C=O) groups is 1. The van der Waals surface area contributed by atoms with Gasteiger partial charge in [0.25, 0.3) is 0 Å². The van der Waals surface area contributed by atoms with Gasteiger partial charge in [0.2, 0.25) is 0 Å². The van der Waals surface area contributed by atoms with Gasteiger partial charge in [-0.05, 0) is 6.42 Å². The Labute approximate surface area is 143 Å². The van der Waals surface area contributed by atoms with E-state index in [1.165, 1.54) is 57.8 Å². The third kappa shape index (κ3) is 19.3.